The highest BCUT2D eigenvalue weighted by molar-refractivity contribution is 5.69. The summed E-state index contributed by atoms with van der Waals surface area (Å²) >= 11 is 0. The largest absolute Gasteiger partial charge is 0.463 e. The van der Waals surface area contributed by atoms with Crippen LogP contribution in [0.25, 0.3) is 0 Å². The normalized spacial score (nSPS) is 27.8. The first-order valence-electron chi connectivity index (χ1n) is 7.89. The number of carbonyl (C=O) groups is 5. The van der Waals surface area contributed by atoms with Gasteiger partial charge >= 0.3 is 23.9 Å². The number of rotatable bonds is 7. The van der Waals surface area contributed by atoms with E-state index in [9.17, 15) is 24.0 Å². The van der Waals surface area contributed by atoms with Gasteiger partial charge in [-0.25, -0.2) is 0 Å². The Kier molecular flexibility index (Phi) is 8.17. The van der Waals surface area contributed by atoms with Crippen LogP contribution in [-0.4, -0.2) is 67.3 Å². The quantitative estimate of drug-likeness (QED) is 0.332. The summed E-state index contributed by atoms with van der Waals surface area (Å²) in [5.74, 6) is -2.73. The van der Waals surface area contributed by atoms with E-state index in [2.05, 4.69) is 0 Å². The van der Waals surface area contributed by atoms with Crippen molar-refractivity contribution in [2.45, 2.75) is 64.6 Å². The van der Waals surface area contributed by atoms with Gasteiger partial charge in [-0.3, -0.25) is 19.2 Å². The van der Waals surface area contributed by atoms with E-state index in [0.717, 1.165) is 20.8 Å². The summed E-state index contributed by atoms with van der Waals surface area (Å²) in [6, 6.07) is 0. The van der Waals surface area contributed by atoms with Crippen molar-refractivity contribution in [1.29, 1.82) is 0 Å². The van der Waals surface area contributed by atoms with Gasteiger partial charge in [-0.05, 0) is 0 Å². The molecule has 1 aliphatic rings. The van der Waals surface area contributed by atoms with Crippen LogP contribution in [0, 0.1) is 0 Å². The molecular weight excluding hydrogens is 352 g/mol. The summed E-state index contributed by atoms with van der Waals surface area (Å²) in [5.41, 5.74) is 0. The Labute approximate surface area is 150 Å². The zero-order valence-electron chi connectivity index (χ0n) is 15.0. The van der Waals surface area contributed by atoms with Gasteiger partial charge in [0.05, 0.1) is 0 Å². The van der Waals surface area contributed by atoms with E-state index >= 15 is 0 Å². The molecule has 0 unspecified atom stereocenters. The molecule has 0 aromatic rings. The Hall–Kier alpha value is -2.49. The molecule has 1 heterocycles. The van der Waals surface area contributed by atoms with Crippen molar-refractivity contribution < 1.29 is 47.7 Å². The van der Waals surface area contributed by atoms with Crippen LogP contribution in [0.3, 0.4) is 0 Å². The Morgan fingerprint density at radius 2 is 1.23 bits per heavy atom. The molecule has 1 rings (SSSR count). The van der Waals surface area contributed by atoms with Crippen molar-refractivity contribution in [3.63, 3.8) is 0 Å². The maximum Gasteiger partial charge on any atom is 0.303 e. The molecule has 0 amide bonds. The van der Waals surface area contributed by atoms with Gasteiger partial charge in [0, 0.05) is 34.1 Å². The van der Waals surface area contributed by atoms with E-state index in [-0.39, 0.29) is 13.0 Å². The molecule has 0 saturated carbocycles. The molecule has 5 atom stereocenters. The van der Waals surface area contributed by atoms with Crippen molar-refractivity contribution in [3.8, 4) is 0 Å². The molecule has 1 aliphatic heterocycles. The summed E-state index contributed by atoms with van der Waals surface area (Å²) in [5, 5.41) is 0. The minimum atomic E-state index is -1.24. The standard InChI is InChI=1S/C16H22O10/c1-8(18)22-7-13-15(24-10(3)20)16(25-11(4)21)14(23-9(2)19)12(26-13)5-6-17/h6,12-16H,5,7H2,1-4H3/t12-,13+,14+,15+,16+/m0/s1. The Bertz CT molecular complexity index is 557. The number of carbonyl (C=O) groups excluding carboxylic acids is 5. The van der Waals surface area contributed by atoms with Crippen molar-refractivity contribution in [3.05, 3.63) is 0 Å². The third kappa shape index (κ3) is 6.43. The fourth-order valence-corrected chi connectivity index (χ4v) is 2.60. The molecule has 0 spiro atoms. The van der Waals surface area contributed by atoms with Gasteiger partial charge in [0.2, 0.25) is 0 Å². The summed E-state index contributed by atoms with van der Waals surface area (Å²) < 4.78 is 26.1. The lowest BCUT2D eigenvalue weighted by Gasteiger charge is -2.44. The molecule has 0 aliphatic carbocycles. The molecule has 1 fully saturated rings. The van der Waals surface area contributed by atoms with Crippen LogP contribution in [0.4, 0.5) is 0 Å². The second-order valence-electron chi connectivity index (χ2n) is 5.64. The van der Waals surface area contributed by atoms with E-state index in [1.807, 2.05) is 0 Å². The summed E-state index contributed by atoms with van der Waals surface area (Å²) in [6.45, 7) is 4.26. The topological polar surface area (TPSA) is 132 Å². The maximum absolute atomic E-state index is 11.5. The first-order valence-corrected chi connectivity index (χ1v) is 7.89. The molecule has 0 aromatic carbocycles. The molecule has 0 bridgehead atoms. The van der Waals surface area contributed by atoms with E-state index in [1.54, 1.807) is 0 Å². The van der Waals surface area contributed by atoms with E-state index in [4.69, 9.17) is 23.7 Å². The monoisotopic (exact) mass is 374 g/mol. The van der Waals surface area contributed by atoms with Crippen molar-refractivity contribution in [2.24, 2.45) is 0 Å². The van der Waals surface area contributed by atoms with Gasteiger partial charge < -0.3 is 28.5 Å². The number of aldehydes is 1. The second-order valence-corrected chi connectivity index (χ2v) is 5.64. The first kappa shape index (κ1) is 21.6. The highest BCUT2D eigenvalue weighted by Gasteiger charge is 2.51. The summed E-state index contributed by atoms with van der Waals surface area (Å²) in [6.07, 6.45) is -5.26. The van der Waals surface area contributed by atoms with Gasteiger partial charge in [-0.2, -0.15) is 0 Å². The number of hydrogen-bond acceptors (Lipinski definition) is 10. The zero-order valence-corrected chi connectivity index (χ0v) is 15.0. The van der Waals surface area contributed by atoms with Crippen LogP contribution >= 0.6 is 0 Å². The smallest absolute Gasteiger partial charge is 0.303 e. The molecule has 26 heavy (non-hydrogen) atoms. The summed E-state index contributed by atoms with van der Waals surface area (Å²) in [4.78, 5) is 56.5. The maximum atomic E-state index is 11.5. The number of ether oxygens (including phenoxy) is 5. The number of esters is 4. The average Bonchev–Trinajstić information content (AvgIpc) is 2.50. The molecule has 1 saturated heterocycles. The van der Waals surface area contributed by atoms with Crippen LogP contribution < -0.4 is 0 Å². The van der Waals surface area contributed by atoms with Crippen LogP contribution in [0.1, 0.15) is 34.1 Å². The zero-order chi connectivity index (χ0) is 19.9. The van der Waals surface area contributed by atoms with Gasteiger partial charge in [0.15, 0.2) is 18.3 Å². The second kappa shape index (κ2) is 9.85. The van der Waals surface area contributed by atoms with E-state index < -0.39 is 54.4 Å². The van der Waals surface area contributed by atoms with E-state index in [1.165, 1.54) is 6.92 Å². The molecule has 0 radical (unpaired) electrons. The molecular formula is C16H22O10. The Morgan fingerprint density at radius 3 is 1.65 bits per heavy atom. The fraction of sp³-hybridized carbons (Fsp3) is 0.688. The third-order valence-electron chi connectivity index (χ3n) is 3.42. The highest BCUT2D eigenvalue weighted by atomic mass is 16.7. The molecule has 146 valence electrons. The first-order chi connectivity index (χ1) is 12.1. The Balaban J connectivity index is 3.24. The lowest BCUT2D eigenvalue weighted by molar-refractivity contribution is -0.252. The third-order valence-corrected chi connectivity index (χ3v) is 3.42. The van der Waals surface area contributed by atoms with Gasteiger partial charge in [-0.15, -0.1) is 0 Å². The minimum Gasteiger partial charge on any atom is -0.463 e. The van der Waals surface area contributed by atoms with Gasteiger partial charge in [-0.1, -0.05) is 0 Å². The average molecular weight is 374 g/mol. The lowest BCUT2D eigenvalue weighted by atomic mass is 9.93. The van der Waals surface area contributed by atoms with Crippen LogP contribution in [-0.2, 0) is 47.7 Å². The van der Waals surface area contributed by atoms with Gasteiger partial charge in [0.1, 0.15) is 25.1 Å². The molecule has 0 aromatic heterocycles. The van der Waals surface area contributed by atoms with Crippen molar-refractivity contribution >= 4 is 30.2 Å². The number of hydrogen-bond donors (Lipinski definition) is 0. The van der Waals surface area contributed by atoms with Crippen molar-refractivity contribution in [2.75, 3.05) is 6.61 Å². The predicted molar refractivity (Wildman–Crippen MR) is 82.6 cm³/mol. The molecule has 10 nitrogen and oxygen atoms in total. The predicted octanol–water partition coefficient (Wildman–Crippen LogP) is -0.299. The lowest BCUT2D eigenvalue weighted by Crippen LogP contribution is -2.62. The minimum absolute atomic E-state index is 0.181. The summed E-state index contributed by atoms with van der Waals surface area (Å²) in [7, 11) is 0. The molecule has 10 heteroatoms. The van der Waals surface area contributed by atoms with Crippen molar-refractivity contribution in [1.82, 2.24) is 0 Å². The fourth-order valence-electron chi connectivity index (χ4n) is 2.60. The molecule has 0 N–H and O–H groups in total. The van der Waals surface area contributed by atoms with Gasteiger partial charge in [0.25, 0.3) is 0 Å². The van der Waals surface area contributed by atoms with Crippen LogP contribution in [0.2, 0.25) is 0 Å². The SMILES string of the molecule is CC(=O)OC[C@H]1O[C@@H](CC=O)[C@@H](OC(C)=O)[C@@H](OC(C)=O)[C@@H]1OC(C)=O. The Morgan fingerprint density at radius 1 is 0.769 bits per heavy atom. The highest BCUT2D eigenvalue weighted by Crippen LogP contribution is 2.30. The van der Waals surface area contributed by atoms with Crippen LogP contribution in [0.5, 0.6) is 0 Å². The van der Waals surface area contributed by atoms with Crippen LogP contribution in [0.15, 0.2) is 0 Å². The van der Waals surface area contributed by atoms with E-state index in [0.29, 0.717) is 6.29 Å².